The molecule has 134 valence electrons. The molecule has 1 aliphatic rings. The van der Waals surface area contributed by atoms with Gasteiger partial charge in [0, 0.05) is 38.4 Å². The van der Waals surface area contributed by atoms with Crippen LogP contribution >= 0.6 is 11.6 Å². The molecule has 1 fully saturated rings. The highest BCUT2D eigenvalue weighted by atomic mass is 35.5. The quantitative estimate of drug-likeness (QED) is 0.367. The lowest BCUT2D eigenvalue weighted by molar-refractivity contribution is 0.127. The fraction of sp³-hybridized carbons (Fsp3) is 0.625. The van der Waals surface area contributed by atoms with Gasteiger partial charge in [0.2, 0.25) is 5.88 Å². The maximum atomic E-state index is 9.26. The molecule has 7 nitrogen and oxygen atoms in total. The second-order valence-electron chi connectivity index (χ2n) is 5.77. The van der Waals surface area contributed by atoms with Crippen LogP contribution in [0.2, 0.25) is 5.02 Å². The molecule has 0 radical (unpaired) electrons. The number of aromatic nitrogens is 1. The molecule has 1 unspecified atom stereocenters. The lowest BCUT2D eigenvalue weighted by Gasteiger charge is -2.27. The summed E-state index contributed by atoms with van der Waals surface area (Å²) >= 11 is 5.98. The van der Waals surface area contributed by atoms with Crippen LogP contribution in [0.15, 0.2) is 23.3 Å². The minimum Gasteiger partial charge on any atom is -0.475 e. The van der Waals surface area contributed by atoms with Gasteiger partial charge in [0.25, 0.3) is 0 Å². The average Bonchev–Trinajstić information content (AvgIpc) is 3.05. The number of nitrogens with one attached hydrogen (secondary N) is 2. The number of ether oxygens (including phenoxy) is 2. The summed E-state index contributed by atoms with van der Waals surface area (Å²) in [5.74, 6) is 1.11. The van der Waals surface area contributed by atoms with Crippen LogP contribution in [0.3, 0.4) is 0 Å². The molecule has 1 saturated heterocycles. The molecule has 8 heteroatoms. The number of aliphatic hydroxyl groups is 1. The van der Waals surface area contributed by atoms with Crippen molar-refractivity contribution in [1.82, 2.24) is 15.6 Å². The smallest absolute Gasteiger partial charge is 0.232 e. The van der Waals surface area contributed by atoms with Crippen molar-refractivity contribution in [2.75, 3.05) is 46.6 Å². The highest BCUT2D eigenvalue weighted by Crippen LogP contribution is 2.31. The minimum absolute atomic E-state index is 0.0235. The van der Waals surface area contributed by atoms with Crippen molar-refractivity contribution in [3.63, 3.8) is 0 Å². The number of nitrogens with zero attached hydrogens (tertiary/aromatic N) is 2. The van der Waals surface area contributed by atoms with Crippen molar-refractivity contribution in [3.05, 3.63) is 23.4 Å². The Balaban J connectivity index is 1.71. The van der Waals surface area contributed by atoms with Crippen LogP contribution in [0.5, 0.6) is 5.88 Å². The highest BCUT2D eigenvalue weighted by Gasteiger charge is 2.34. The van der Waals surface area contributed by atoms with Crippen LogP contribution in [0.25, 0.3) is 0 Å². The van der Waals surface area contributed by atoms with Crippen LogP contribution in [0, 0.1) is 5.41 Å². The third kappa shape index (κ3) is 5.51. The van der Waals surface area contributed by atoms with Crippen molar-refractivity contribution in [3.8, 4) is 5.88 Å². The largest absolute Gasteiger partial charge is 0.475 e. The van der Waals surface area contributed by atoms with E-state index in [1.807, 2.05) is 0 Å². The number of hydrogen-bond acceptors (Lipinski definition) is 5. The Bertz CT molecular complexity index is 536. The van der Waals surface area contributed by atoms with E-state index in [0.29, 0.717) is 43.2 Å². The van der Waals surface area contributed by atoms with Crippen molar-refractivity contribution in [2.45, 2.75) is 12.8 Å². The molecule has 1 aromatic heterocycles. The second kappa shape index (κ2) is 9.66. The number of aliphatic hydroxyl groups excluding tert-OH is 1. The van der Waals surface area contributed by atoms with E-state index < -0.39 is 0 Å². The van der Waals surface area contributed by atoms with Gasteiger partial charge in [-0.25, -0.2) is 4.98 Å². The topological polar surface area (TPSA) is 88.0 Å². The van der Waals surface area contributed by atoms with E-state index in [-0.39, 0.29) is 12.0 Å². The molecular formula is C16H25ClN4O3. The first-order valence-corrected chi connectivity index (χ1v) is 8.43. The van der Waals surface area contributed by atoms with Crippen molar-refractivity contribution in [1.29, 1.82) is 0 Å². The first-order valence-electron chi connectivity index (χ1n) is 8.05. The molecule has 2 rings (SSSR count). The first-order chi connectivity index (χ1) is 11.7. The average molecular weight is 357 g/mol. The van der Waals surface area contributed by atoms with Gasteiger partial charge in [-0.15, -0.1) is 0 Å². The summed E-state index contributed by atoms with van der Waals surface area (Å²) in [5.41, 5.74) is -0.0235. The van der Waals surface area contributed by atoms with E-state index in [2.05, 4.69) is 20.6 Å². The zero-order valence-corrected chi connectivity index (χ0v) is 14.7. The van der Waals surface area contributed by atoms with Gasteiger partial charge in [0.15, 0.2) is 5.96 Å². The number of halogens is 1. The summed E-state index contributed by atoms with van der Waals surface area (Å²) in [6, 6.07) is 3.50. The Morgan fingerprint density at radius 1 is 1.54 bits per heavy atom. The van der Waals surface area contributed by atoms with Crippen molar-refractivity contribution in [2.24, 2.45) is 10.4 Å². The van der Waals surface area contributed by atoms with Crippen LogP contribution < -0.4 is 15.4 Å². The summed E-state index contributed by atoms with van der Waals surface area (Å²) in [5, 5.41) is 16.2. The maximum absolute atomic E-state index is 9.26. The molecule has 1 aliphatic heterocycles. The number of guanidine groups is 1. The van der Waals surface area contributed by atoms with E-state index in [9.17, 15) is 5.11 Å². The first kappa shape index (κ1) is 18.8. The van der Waals surface area contributed by atoms with E-state index in [1.165, 1.54) is 0 Å². The summed E-state index contributed by atoms with van der Waals surface area (Å²) < 4.78 is 11.0. The Kier molecular flexibility index (Phi) is 7.55. The normalized spacial score (nSPS) is 20.9. The SMILES string of the molecule is CN=C(NCCOc1ncccc1Cl)NCC1(CCO)CCOC1. The zero-order chi connectivity index (χ0) is 17.3. The highest BCUT2D eigenvalue weighted by molar-refractivity contribution is 6.31. The molecule has 24 heavy (non-hydrogen) atoms. The summed E-state index contributed by atoms with van der Waals surface area (Å²) in [7, 11) is 1.72. The Hall–Kier alpha value is -1.57. The lowest BCUT2D eigenvalue weighted by Crippen LogP contribution is -2.45. The van der Waals surface area contributed by atoms with Gasteiger partial charge < -0.3 is 25.2 Å². The van der Waals surface area contributed by atoms with E-state index in [4.69, 9.17) is 21.1 Å². The molecular weight excluding hydrogens is 332 g/mol. The summed E-state index contributed by atoms with van der Waals surface area (Å²) in [4.78, 5) is 8.26. The molecule has 0 bridgehead atoms. The van der Waals surface area contributed by atoms with Gasteiger partial charge in [-0.2, -0.15) is 0 Å². The maximum Gasteiger partial charge on any atom is 0.232 e. The fourth-order valence-electron chi connectivity index (χ4n) is 2.60. The Labute approximate surface area is 147 Å². The van der Waals surface area contributed by atoms with Gasteiger partial charge in [-0.05, 0) is 25.0 Å². The Morgan fingerprint density at radius 3 is 3.08 bits per heavy atom. The standard InChI is InChI=1S/C16H25ClN4O3/c1-18-15(21-11-16(4-8-22)5-9-23-12-16)20-7-10-24-14-13(17)3-2-6-19-14/h2-3,6,22H,4-5,7-12H2,1H3,(H2,18,20,21). The molecule has 0 amide bonds. The predicted molar refractivity (Wildman–Crippen MR) is 93.7 cm³/mol. The van der Waals surface area contributed by atoms with Gasteiger partial charge in [0.1, 0.15) is 11.6 Å². The van der Waals surface area contributed by atoms with Gasteiger partial charge >= 0.3 is 0 Å². The fourth-order valence-corrected chi connectivity index (χ4v) is 2.77. The van der Waals surface area contributed by atoms with Crippen molar-refractivity contribution < 1.29 is 14.6 Å². The van der Waals surface area contributed by atoms with E-state index in [0.717, 1.165) is 19.4 Å². The molecule has 3 N–H and O–H groups in total. The number of rotatable bonds is 8. The minimum atomic E-state index is -0.0235. The molecule has 1 aromatic rings. The number of aliphatic imine (C=N–C) groups is 1. The zero-order valence-electron chi connectivity index (χ0n) is 13.9. The van der Waals surface area contributed by atoms with Crippen LogP contribution in [-0.2, 0) is 4.74 Å². The predicted octanol–water partition coefficient (Wildman–Crippen LogP) is 1.07. The number of pyridine rings is 1. The molecule has 0 saturated carbocycles. The van der Waals surface area contributed by atoms with E-state index >= 15 is 0 Å². The van der Waals surface area contributed by atoms with Crippen molar-refractivity contribution >= 4 is 17.6 Å². The molecule has 2 heterocycles. The van der Waals surface area contributed by atoms with Crippen LogP contribution in [0.4, 0.5) is 0 Å². The summed E-state index contributed by atoms with van der Waals surface area (Å²) in [6.07, 6.45) is 3.30. The summed E-state index contributed by atoms with van der Waals surface area (Å²) in [6.45, 7) is 3.26. The van der Waals surface area contributed by atoms with Gasteiger partial charge in [0.05, 0.1) is 13.2 Å². The molecule has 0 aliphatic carbocycles. The molecule has 0 aromatic carbocycles. The van der Waals surface area contributed by atoms with Gasteiger partial charge in [-0.1, -0.05) is 11.6 Å². The van der Waals surface area contributed by atoms with Crippen LogP contribution in [0.1, 0.15) is 12.8 Å². The van der Waals surface area contributed by atoms with E-state index in [1.54, 1.807) is 25.4 Å². The lowest BCUT2D eigenvalue weighted by atomic mass is 9.84. The van der Waals surface area contributed by atoms with Crippen LogP contribution in [-0.4, -0.2) is 62.6 Å². The third-order valence-corrected chi connectivity index (χ3v) is 4.33. The monoisotopic (exact) mass is 356 g/mol. The number of hydrogen-bond donors (Lipinski definition) is 3. The Morgan fingerprint density at radius 2 is 2.42 bits per heavy atom. The van der Waals surface area contributed by atoms with Gasteiger partial charge in [-0.3, -0.25) is 4.99 Å². The second-order valence-corrected chi connectivity index (χ2v) is 6.17. The molecule has 0 spiro atoms. The molecule has 1 atom stereocenters. The third-order valence-electron chi connectivity index (χ3n) is 4.04.